The molecule has 0 fully saturated rings. The van der Waals surface area contributed by atoms with Crippen molar-refractivity contribution in [1.29, 1.82) is 0 Å². The van der Waals surface area contributed by atoms with Crippen LogP contribution in [0.3, 0.4) is 0 Å². The molecule has 0 bridgehead atoms. The summed E-state index contributed by atoms with van der Waals surface area (Å²) in [4.78, 5) is 12.1. The fourth-order valence-electron chi connectivity index (χ4n) is 2.61. The second-order valence-corrected chi connectivity index (χ2v) is 6.39. The molecule has 4 rings (SSSR count). The lowest BCUT2D eigenvalue weighted by atomic mass is 10.2. The molecule has 2 amide bonds. The SMILES string of the molecule is O=C(NCC1COc2ccccc2O1)Nc1csc2ccccc12. The lowest BCUT2D eigenvalue weighted by Gasteiger charge is -2.26. The minimum atomic E-state index is -0.249. The molecule has 2 heterocycles. The number of thiophene rings is 1. The third-order valence-electron chi connectivity index (χ3n) is 3.79. The number of rotatable bonds is 3. The zero-order chi connectivity index (χ0) is 16.4. The van der Waals surface area contributed by atoms with Crippen molar-refractivity contribution in [3.05, 3.63) is 53.9 Å². The molecule has 0 spiro atoms. The van der Waals surface area contributed by atoms with E-state index in [0.29, 0.717) is 18.9 Å². The van der Waals surface area contributed by atoms with Crippen molar-refractivity contribution in [2.24, 2.45) is 0 Å². The lowest BCUT2D eigenvalue weighted by Crippen LogP contribution is -2.42. The number of anilines is 1. The summed E-state index contributed by atoms with van der Waals surface area (Å²) in [5, 5.41) is 8.71. The predicted octanol–water partition coefficient (Wildman–Crippen LogP) is 3.86. The highest BCUT2D eigenvalue weighted by Gasteiger charge is 2.21. The van der Waals surface area contributed by atoms with Gasteiger partial charge in [0.05, 0.1) is 12.2 Å². The second-order valence-electron chi connectivity index (χ2n) is 5.48. The fraction of sp³-hybridized carbons (Fsp3) is 0.167. The molecule has 0 saturated heterocycles. The molecule has 0 aliphatic carbocycles. The Morgan fingerprint density at radius 2 is 1.92 bits per heavy atom. The third kappa shape index (κ3) is 3.00. The van der Waals surface area contributed by atoms with Crippen LogP contribution in [0.4, 0.5) is 10.5 Å². The number of hydrogen-bond donors (Lipinski definition) is 2. The Kier molecular flexibility index (Phi) is 3.96. The summed E-state index contributed by atoms with van der Waals surface area (Å²) in [5.74, 6) is 1.45. The van der Waals surface area contributed by atoms with Gasteiger partial charge >= 0.3 is 6.03 Å². The average Bonchev–Trinajstić information content (AvgIpc) is 3.03. The monoisotopic (exact) mass is 340 g/mol. The largest absolute Gasteiger partial charge is 0.486 e. The molecule has 1 atom stereocenters. The Morgan fingerprint density at radius 3 is 2.83 bits per heavy atom. The van der Waals surface area contributed by atoms with Gasteiger partial charge in [-0.2, -0.15) is 0 Å². The highest BCUT2D eigenvalue weighted by atomic mass is 32.1. The summed E-state index contributed by atoms with van der Waals surface area (Å²) in [7, 11) is 0. The van der Waals surface area contributed by atoms with Crippen molar-refractivity contribution in [1.82, 2.24) is 5.32 Å². The van der Waals surface area contributed by atoms with Gasteiger partial charge in [-0.3, -0.25) is 0 Å². The molecule has 1 unspecified atom stereocenters. The summed E-state index contributed by atoms with van der Waals surface area (Å²) in [5.41, 5.74) is 0.819. The maximum absolute atomic E-state index is 12.1. The molecular weight excluding hydrogens is 324 g/mol. The molecule has 5 nitrogen and oxygen atoms in total. The quantitative estimate of drug-likeness (QED) is 0.761. The molecule has 6 heteroatoms. The average molecular weight is 340 g/mol. The van der Waals surface area contributed by atoms with Crippen LogP contribution in [-0.2, 0) is 0 Å². The van der Waals surface area contributed by atoms with Crippen LogP contribution in [0.15, 0.2) is 53.9 Å². The van der Waals surface area contributed by atoms with Crippen molar-refractivity contribution in [3.63, 3.8) is 0 Å². The van der Waals surface area contributed by atoms with Gasteiger partial charge in [0.2, 0.25) is 0 Å². The van der Waals surface area contributed by atoms with Gasteiger partial charge in [0.25, 0.3) is 0 Å². The number of nitrogens with one attached hydrogen (secondary N) is 2. The maximum Gasteiger partial charge on any atom is 0.319 e. The number of hydrogen-bond acceptors (Lipinski definition) is 4. The van der Waals surface area contributed by atoms with Crippen molar-refractivity contribution in [3.8, 4) is 11.5 Å². The Bertz CT molecular complexity index is 877. The van der Waals surface area contributed by atoms with Gasteiger partial charge in [-0.05, 0) is 18.2 Å². The first-order chi connectivity index (χ1) is 11.8. The molecule has 24 heavy (non-hydrogen) atoms. The molecule has 2 aromatic carbocycles. The number of carbonyl (C=O) groups is 1. The molecule has 0 saturated carbocycles. The normalized spacial score (nSPS) is 15.9. The van der Waals surface area contributed by atoms with E-state index in [-0.39, 0.29) is 12.1 Å². The van der Waals surface area contributed by atoms with Crippen molar-refractivity contribution < 1.29 is 14.3 Å². The molecule has 0 radical (unpaired) electrons. The highest BCUT2D eigenvalue weighted by Crippen LogP contribution is 2.31. The number of urea groups is 1. The minimum absolute atomic E-state index is 0.204. The van der Waals surface area contributed by atoms with Crippen LogP contribution >= 0.6 is 11.3 Å². The molecule has 3 aromatic rings. The topological polar surface area (TPSA) is 59.6 Å². The standard InChI is InChI=1S/C18H16N2O3S/c21-18(20-14-11-24-17-8-4-1-5-13(14)17)19-9-12-10-22-15-6-2-3-7-16(15)23-12/h1-8,11-12H,9-10H2,(H2,19,20,21). The number of carbonyl (C=O) groups excluding carboxylic acids is 1. The zero-order valence-electron chi connectivity index (χ0n) is 12.8. The molecule has 2 N–H and O–H groups in total. The van der Waals surface area contributed by atoms with Gasteiger partial charge in [0.15, 0.2) is 17.6 Å². The Labute approximate surface area is 143 Å². The number of amides is 2. The minimum Gasteiger partial charge on any atom is -0.486 e. The summed E-state index contributed by atoms with van der Waals surface area (Å²) in [6.45, 7) is 0.793. The molecular formula is C18H16N2O3S. The number of benzene rings is 2. The molecule has 122 valence electrons. The fourth-order valence-corrected chi connectivity index (χ4v) is 3.50. The van der Waals surface area contributed by atoms with E-state index in [9.17, 15) is 4.79 Å². The van der Waals surface area contributed by atoms with Crippen LogP contribution in [0.25, 0.3) is 10.1 Å². The van der Waals surface area contributed by atoms with E-state index in [1.807, 2.05) is 53.9 Å². The van der Waals surface area contributed by atoms with Crippen LogP contribution in [-0.4, -0.2) is 25.3 Å². The highest BCUT2D eigenvalue weighted by molar-refractivity contribution is 7.17. The first-order valence-electron chi connectivity index (χ1n) is 7.69. The summed E-state index contributed by atoms with van der Waals surface area (Å²) >= 11 is 1.61. The molecule has 1 aromatic heterocycles. The van der Waals surface area contributed by atoms with Gasteiger partial charge in [-0.1, -0.05) is 30.3 Å². The van der Waals surface area contributed by atoms with E-state index in [1.165, 1.54) is 0 Å². The van der Waals surface area contributed by atoms with Crippen molar-refractivity contribution in [2.45, 2.75) is 6.10 Å². The molecule has 1 aliphatic rings. The first kappa shape index (κ1) is 14.8. The zero-order valence-corrected chi connectivity index (χ0v) is 13.6. The van der Waals surface area contributed by atoms with Crippen molar-refractivity contribution in [2.75, 3.05) is 18.5 Å². The van der Waals surface area contributed by atoms with E-state index in [4.69, 9.17) is 9.47 Å². The van der Waals surface area contributed by atoms with Crippen LogP contribution in [0, 0.1) is 0 Å². The van der Waals surface area contributed by atoms with Gasteiger partial charge < -0.3 is 20.1 Å². The van der Waals surface area contributed by atoms with Crippen LogP contribution < -0.4 is 20.1 Å². The van der Waals surface area contributed by atoms with Crippen molar-refractivity contribution >= 4 is 33.1 Å². The molecule has 1 aliphatic heterocycles. The first-order valence-corrected chi connectivity index (χ1v) is 8.57. The second kappa shape index (κ2) is 6.41. The third-order valence-corrected chi connectivity index (χ3v) is 4.75. The van der Waals surface area contributed by atoms with E-state index >= 15 is 0 Å². The number of fused-ring (bicyclic) bond motifs is 2. The van der Waals surface area contributed by atoms with Crippen LogP contribution in [0.5, 0.6) is 11.5 Å². The van der Waals surface area contributed by atoms with Crippen LogP contribution in [0.2, 0.25) is 0 Å². The summed E-state index contributed by atoms with van der Waals surface area (Å²) in [6, 6.07) is 15.3. The summed E-state index contributed by atoms with van der Waals surface area (Å²) in [6.07, 6.45) is -0.204. The van der Waals surface area contributed by atoms with Gasteiger partial charge in [0, 0.05) is 15.5 Å². The lowest BCUT2D eigenvalue weighted by molar-refractivity contribution is 0.0922. The maximum atomic E-state index is 12.1. The Balaban J connectivity index is 1.34. The van der Waals surface area contributed by atoms with E-state index in [0.717, 1.165) is 21.5 Å². The van der Waals surface area contributed by atoms with E-state index < -0.39 is 0 Å². The number of para-hydroxylation sites is 2. The summed E-state index contributed by atoms with van der Waals surface area (Å²) < 4.78 is 12.6. The van der Waals surface area contributed by atoms with Gasteiger partial charge in [-0.15, -0.1) is 11.3 Å². The predicted molar refractivity (Wildman–Crippen MR) is 95.2 cm³/mol. The van der Waals surface area contributed by atoms with E-state index in [1.54, 1.807) is 11.3 Å². The van der Waals surface area contributed by atoms with E-state index in [2.05, 4.69) is 10.6 Å². The van der Waals surface area contributed by atoms with Crippen LogP contribution in [0.1, 0.15) is 0 Å². The Hall–Kier alpha value is -2.73. The van der Waals surface area contributed by atoms with Gasteiger partial charge in [-0.25, -0.2) is 4.79 Å². The van der Waals surface area contributed by atoms with Gasteiger partial charge in [0.1, 0.15) is 6.61 Å². The number of ether oxygens (including phenoxy) is 2. The smallest absolute Gasteiger partial charge is 0.319 e. The Morgan fingerprint density at radius 1 is 1.12 bits per heavy atom.